The molecule has 1 aromatic rings. The number of anilines is 1. The molecule has 1 aromatic carbocycles. The van der Waals surface area contributed by atoms with Crippen LogP contribution in [0.15, 0.2) is 18.2 Å². The summed E-state index contributed by atoms with van der Waals surface area (Å²) in [7, 11) is 0. The van der Waals surface area contributed by atoms with Gasteiger partial charge in [-0.3, -0.25) is 10.1 Å². The number of nitro groups is 1. The molecule has 0 heterocycles. The number of aryl methyl sites for hydroxylation is 1. The molecular formula is C15H22N2O2. The van der Waals surface area contributed by atoms with Crippen molar-refractivity contribution in [1.82, 2.24) is 0 Å². The fraction of sp³-hybridized carbons (Fsp3) is 0.600. The molecule has 19 heavy (non-hydrogen) atoms. The molecule has 104 valence electrons. The molecule has 0 radical (unpaired) electrons. The van der Waals surface area contributed by atoms with Gasteiger partial charge in [0, 0.05) is 12.1 Å². The maximum Gasteiger partial charge on any atom is 0.292 e. The van der Waals surface area contributed by atoms with E-state index >= 15 is 0 Å². The minimum Gasteiger partial charge on any atom is -0.376 e. The first-order valence-electron chi connectivity index (χ1n) is 6.92. The molecular weight excluding hydrogens is 240 g/mol. The molecule has 1 fully saturated rings. The molecule has 1 saturated carbocycles. The van der Waals surface area contributed by atoms with E-state index in [1.54, 1.807) is 6.07 Å². The fourth-order valence-electron chi connectivity index (χ4n) is 2.86. The van der Waals surface area contributed by atoms with E-state index in [-0.39, 0.29) is 16.0 Å². The zero-order chi connectivity index (χ0) is 14.0. The number of hydrogen-bond donors (Lipinski definition) is 1. The molecule has 0 saturated heterocycles. The van der Waals surface area contributed by atoms with E-state index in [9.17, 15) is 10.1 Å². The van der Waals surface area contributed by atoms with Crippen molar-refractivity contribution in [2.75, 3.05) is 5.32 Å². The highest BCUT2D eigenvalue weighted by molar-refractivity contribution is 5.63. The van der Waals surface area contributed by atoms with Crippen LogP contribution in [0.2, 0.25) is 0 Å². The third-order valence-electron chi connectivity index (χ3n) is 4.19. The summed E-state index contributed by atoms with van der Waals surface area (Å²) in [6, 6.07) is 5.70. The van der Waals surface area contributed by atoms with Crippen molar-refractivity contribution in [3.8, 4) is 0 Å². The molecule has 1 aliphatic rings. The largest absolute Gasteiger partial charge is 0.376 e. The molecule has 1 N–H and O–H groups in total. The lowest BCUT2D eigenvalue weighted by molar-refractivity contribution is -0.384. The summed E-state index contributed by atoms with van der Waals surface area (Å²) in [5, 5.41) is 14.5. The topological polar surface area (TPSA) is 55.2 Å². The first kappa shape index (κ1) is 13.8. The Balaban J connectivity index is 2.25. The molecule has 0 aliphatic heterocycles. The second-order valence-electron chi connectivity index (χ2n) is 6.21. The van der Waals surface area contributed by atoms with Gasteiger partial charge in [0.05, 0.1) is 4.92 Å². The highest BCUT2D eigenvalue weighted by Gasteiger charge is 2.33. The van der Waals surface area contributed by atoms with Crippen LogP contribution >= 0.6 is 0 Å². The maximum absolute atomic E-state index is 11.1. The third-order valence-corrected chi connectivity index (χ3v) is 4.19. The average molecular weight is 262 g/mol. The van der Waals surface area contributed by atoms with E-state index in [1.165, 1.54) is 19.3 Å². The Morgan fingerprint density at radius 2 is 2.11 bits per heavy atom. The molecule has 4 nitrogen and oxygen atoms in total. The van der Waals surface area contributed by atoms with Crippen LogP contribution < -0.4 is 5.32 Å². The molecule has 1 aliphatic carbocycles. The molecule has 0 bridgehead atoms. The van der Waals surface area contributed by atoms with Gasteiger partial charge < -0.3 is 5.32 Å². The van der Waals surface area contributed by atoms with E-state index in [2.05, 4.69) is 19.2 Å². The van der Waals surface area contributed by atoms with E-state index in [0.29, 0.717) is 11.7 Å². The minimum atomic E-state index is -0.300. The Kier molecular flexibility index (Phi) is 3.78. The summed E-state index contributed by atoms with van der Waals surface area (Å²) < 4.78 is 0. The highest BCUT2D eigenvalue weighted by Crippen LogP contribution is 2.38. The Morgan fingerprint density at radius 3 is 2.74 bits per heavy atom. The monoisotopic (exact) mass is 262 g/mol. The van der Waals surface area contributed by atoms with Gasteiger partial charge in [-0.15, -0.1) is 0 Å². The average Bonchev–Trinajstić information content (AvgIpc) is 2.33. The van der Waals surface area contributed by atoms with Gasteiger partial charge in [-0.1, -0.05) is 32.8 Å². The van der Waals surface area contributed by atoms with Gasteiger partial charge in [0.15, 0.2) is 0 Å². The second kappa shape index (κ2) is 5.19. The lowest BCUT2D eigenvalue weighted by atomic mass is 9.73. The Bertz CT molecular complexity index is 483. The molecule has 1 unspecified atom stereocenters. The maximum atomic E-state index is 11.1. The Labute approximate surface area is 114 Å². The van der Waals surface area contributed by atoms with Gasteiger partial charge in [0.25, 0.3) is 5.69 Å². The molecule has 2 rings (SSSR count). The van der Waals surface area contributed by atoms with Crippen molar-refractivity contribution in [2.45, 2.75) is 52.5 Å². The zero-order valence-electron chi connectivity index (χ0n) is 11.9. The van der Waals surface area contributed by atoms with Crippen LogP contribution in [-0.4, -0.2) is 11.0 Å². The van der Waals surface area contributed by atoms with Crippen molar-refractivity contribution in [1.29, 1.82) is 0 Å². The first-order chi connectivity index (χ1) is 8.90. The SMILES string of the molecule is Cc1ccc(NC2CCCCC2(C)C)c([N+](=O)[O-])c1. The summed E-state index contributed by atoms with van der Waals surface area (Å²) in [5.41, 5.74) is 1.94. The Hall–Kier alpha value is -1.58. The van der Waals surface area contributed by atoms with Gasteiger partial charge in [0.2, 0.25) is 0 Å². The smallest absolute Gasteiger partial charge is 0.292 e. The summed E-state index contributed by atoms with van der Waals surface area (Å²) in [4.78, 5) is 10.8. The second-order valence-corrected chi connectivity index (χ2v) is 6.21. The van der Waals surface area contributed by atoms with E-state index in [4.69, 9.17) is 0 Å². The number of nitrogens with one attached hydrogen (secondary N) is 1. The molecule has 0 aromatic heterocycles. The van der Waals surface area contributed by atoms with Crippen molar-refractivity contribution in [3.05, 3.63) is 33.9 Å². The minimum absolute atomic E-state index is 0.182. The van der Waals surface area contributed by atoms with Crippen LogP contribution in [0.4, 0.5) is 11.4 Å². The summed E-state index contributed by atoms with van der Waals surface area (Å²) in [6.07, 6.45) is 4.70. The van der Waals surface area contributed by atoms with Gasteiger partial charge in [-0.2, -0.15) is 0 Å². The number of nitro benzene ring substituents is 1. The summed E-state index contributed by atoms with van der Waals surface area (Å²) >= 11 is 0. The fourth-order valence-corrected chi connectivity index (χ4v) is 2.86. The van der Waals surface area contributed by atoms with Crippen LogP contribution in [0.3, 0.4) is 0 Å². The first-order valence-corrected chi connectivity index (χ1v) is 6.92. The van der Waals surface area contributed by atoms with Crippen molar-refractivity contribution < 1.29 is 4.92 Å². The van der Waals surface area contributed by atoms with Crippen molar-refractivity contribution >= 4 is 11.4 Å². The number of rotatable bonds is 3. The molecule has 0 amide bonds. The van der Waals surface area contributed by atoms with Crippen LogP contribution in [0, 0.1) is 22.5 Å². The van der Waals surface area contributed by atoms with Crippen LogP contribution in [-0.2, 0) is 0 Å². The van der Waals surface area contributed by atoms with Crippen molar-refractivity contribution in [3.63, 3.8) is 0 Å². The zero-order valence-corrected chi connectivity index (χ0v) is 11.9. The van der Waals surface area contributed by atoms with Crippen molar-refractivity contribution in [2.24, 2.45) is 5.41 Å². The summed E-state index contributed by atoms with van der Waals surface area (Å²) in [5.74, 6) is 0. The number of benzene rings is 1. The predicted molar refractivity (Wildman–Crippen MR) is 77.5 cm³/mol. The van der Waals surface area contributed by atoms with Crippen LogP contribution in [0.25, 0.3) is 0 Å². The lowest BCUT2D eigenvalue weighted by Crippen LogP contribution is -2.39. The van der Waals surface area contributed by atoms with E-state index in [0.717, 1.165) is 12.0 Å². The predicted octanol–water partition coefficient (Wildman–Crippen LogP) is 4.28. The molecule has 0 spiro atoms. The van der Waals surface area contributed by atoms with Gasteiger partial charge in [-0.25, -0.2) is 0 Å². The number of hydrogen-bond acceptors (Lipinski definition) is 3. The standard InChI is InChI=1S/C15H22N2O2/c1-11-7-8-12(13(10-11)17(18)19)16-14-6-4-5-9-15(14,2)3/h7-8,10,14,16H,4-6,9H2,1-3H3. The van der Waals surface area contributed by atoms with Gasteiger partial charge in [-0.05, 0) is 36.8 Å². The summed E-state index contributed by atoms with van der Waals surface area (Å²) in [6.45, 7) is 6.36. The lowest BCUT2D eigenvalue weighted by Gasteiger charge is -2.39. The normalized spacial score (nSPS) is 21.9. The number of nitrogens with zero attached hydrogens (tertiary/aromatic N) is 1. The quantitative estimate of drug-likeness (QED) is 0.653. The van der Waals surface area contributed by atoms with Gasteiger partial charge in [0.1, 0.15) is 5.69 Å². The van der Waals surface area contributed by atoms with Gasteiger partial charge >= 0.3 is 0 Å². The third kappa shape index (κ3) is 3.06. The highest BCUT2D eigenvalue weighted by atomic mass is 16.6. The Morgan fingerprint density at radius 1 is 1.37 bits per heavy atom. The molecule has 1 atom stereocenters. The van der Waals surface area contributed by atoms with E-state index in [1.807, 2.05) is 19.1 Å². The van der Waals surface area contributed by atoms with E-state index < -0.39 is 0 Å². The van der Waals surface area contributed by atoms with Crippen LogP contribution in [0.5, 0.6) is 0 Å². The van der Waals surface area contributed by atoms with Crippen LogP contribution in [0.1, 0.15) is 45.1 Å². The molecule has 4 heteroatoms.